The number of rotatable bonds is 28. The van der Waals surface area contributed by atoms with Crippen LogP contribution >= 0.6 is 0 Å². The molecule has 0 radical (unpaired) electrons. The van der Waals surface area contributed by atoms with Crippen LogP contribution in [0, 0.1) is 0 Å². The Hall–Kier alpha value is -1.49. The zero-order valence-electron chi connectivity index (χ0n) is 31.8. The Labute approximate surface area is 299 Å². The molecule has 9 nitrogen and oxygen atoms in total. The molecule has 280 valence electrons. The standard InChI is InChI=1S/C38H66O9Si2/c1-37(2,3)48(7,8)46-33-31-44-29-27-42-25-23-40-21-19-39-20-22-41-24-26-43-28-30-45-32-34-47-49(38(4,5)6,35-15-11-9-12-16-35)36-17-13-10-14-18-36/h9-18H,19-34H2,1-8H3. The number of hydrogen-bond acceptors (Lipinski definition) is 9. The second-order valence-corrected chi connectivity index (χ2v) is 23.5. The van der Waals surface area contributed by atoms with E-state index in [-0.39, 0.29) is 10.1 Å². The maximum atomic E-state index is 6.85. The first-order valence-electron chi connectivity index (χ1n) is 17.8. The van der Waals surface area contributed by atoms with Crippen LogP contribution in [0.25, 0.3) is 0 Å². The van der Waals surface area contributed by atoms with Crippen molar-refractivity contribution in [2.24, 2.45) is 0 Å². The molecular formula is C38H66O9Si2. The molecule has 0 fully saturated rings. The maximum absolute atomic E-state index is 6.85. The van der Waals surface area contributed by atoms with Gasteiger partial charge in [0.15, 0.2) is 8.32 Å². The molecule has 0 aliphatic carbocycles. The summed E-state index contributed by atoms with van der Waals surface area (Å²) in [6, 6.07) is 21.3. The summed E-state index contributed by atoms with van der Waals surface area (Å²) in [6.45, 7) is 26.6. The van der Waals surface area contributed by atoms with Crippen molar-refractivity contribution < 1.29 is 42.0 Å². The van der Waals surface area contributed by atoms with Gasteiger partial charge in [0.1, 0.15) is 0 Å². The third-order valence-electron chi connectivity index (χ3n) is 8.69. The molecule has 0 spiro atoms. The van der Waals surface area contributed by atoms with Gasteiger partial charge in [0.2, 0.25) is 0 Å². The third kappa shape index (κ3) is 16.6. The van der Waals surface area contributed by atoms with Gasteiger partial charge >= 0.3 is 0 Å². The summed E-state index contributed by atoms with van der Waals surface area (Å²) in [4.78, 5) is 0. The molecule has 0 aromatic heterocycles. The van der Waals surface area contributed by atoms with Crippen LogP contribution < -0.4 is 10.4 Å². The fraction of sp³-hybridized carbons (Fsp3) is 0.684. The van der Waals surface area contributed by atoms with Crippen LogP contribution in [0.4, 0.5) is 0 Å². The minimum absolute atomic E-state index is 0.0508. The lowest BCUT2D eigenvalue weighted by molar-refractivity contribution is -0.0220. The summed E-state index contributed by atoms with van der Waals surface area (Å²) in [5, 5.41) is 2.71. The Morgan fingerprint density at radius 3 is 0.898 bits per heavy atom. The minimum Gasteiger partial charge on any atom is -0.414 e. The Morgan fingerprint density at radius 2 is 0.633 bits per heavy atom. The van der Waals surface area contributed by atoms with E-state index in [9.17, 15) is 0 Å². The minimum atomic E-state index is -2.53. The molecule has 0 bridgehead atoms. The van der Waals surface area contributed by atoms with E-state index in [2.05, 4.69) is 115 Å². The zero-order valence-corrected chi connectivity index (χ0v) is 33.8. The molecule has 0 aliphatic heterocycles. The molecule has 2 aromatic rings. The monoisotopic (exact) mass is 722 g/mol. The van der Waals surface area contributed by atoms with Crippen LogP contribution in [-0.4, -0.2) is 122 Å². The summed E-state index contributed by atoms with van der Waals surface area (Å²) in [5.41, 5.74) is 0. The van der Waals surface area contributed by atoms with Crippen molar-refractivity contribution in [3.8, 4) is 0 Å². The second kappa shape index (κ2) is 23.9. The fourth-order valence-corrected chi connectivity index (χ4v) is 10.6. The number of hydrogen-bond donors (Lipinski definition) is 0. The molecule has 2 rings (SSSR count). The zero-order chi connectivity index (χ0) is 35.9. The van der Waals surface area contributed by atoms with Gasteiger partial charge in [0.25, 0.3) is 8.32 Å². The maximum Gasteiger partial charge on any atom is 0.261 e. The van der Waals surface area contributed by atoms with Crippen molar-refractivity contribution in [1.29, 1.82) is 0 Å². The first-order valence-corrected chi connectivity index (χ1v) is 22.7. The number of benzene rings is 2. The Kier molecular flexibility index (Phi) is 21.3. The molecule has 0 saturated carbocycles. The van der Waals surface area contributed by atoms with Gasteiger partial charge in [-0.2, -0.15) is 0 Å². The molecule has 0 atom stereocenters. The summed E-state index contributed by atoms with van der Waals surface area (Å²) < 4.78 is 52.3. The Morgan fingerprint density at radius 1 is 0.367 bits per heavy atom. The van der Waals surface area contributed by atoms with Crippen LogP contribution in [0.15, 0.2) is 60.7 Å². The van der Waals surface area contributed by atoms with E-state index in [1.807, 2.05) is 0 Å². The van der Waals surface area contributed by atoms with E-state index in [1.165, 1.54) is 10.4 Å². The van der Waals surface area contributed by atoms with Gasteiger partial charge in [-0.05, 0) is 33.5 Å². The van der Waals surface area contributed by atoms with Crippen molar-refractivity contribution in [3.05, 3.63) is 60.7 Å². The number of ether oxygens (including phenoxy) is 7. The van der Waals surface area contributed by atoms with Gasteiger partial charge < -0.3 is 42.0 Å². The smallest absolute Gasteiger partial charge is 0.261 e. The molecule has 0 aliphatic rings. The average molecular weight is 723 g/mol. The lowest BCUT2D eigenvalue weighted by Crippen LogP contribution is -2.66. The van der Waals surface area contributed by atoms with Gasteiger partial charge in [-0.1, -0.05) is 102 Å². The average Bonchev–Trinajstić information content (AvgIpc) is 3.06. The Balaban J connectivity index is 1.39. The molecule has 49 heavy (non-hydrogen) atoms. The van der Waals surface area contributed by atoms with Crippen molar-refractivity contribution in [3.63, 3.8) is 0 Å². The molecular weight excluding hydrogens is 657 g/mol. The molecule has 0 amide bonds. The lowest BCUT2D eigenvalue weighted by Gasteiger charge is -2.43. The van der Waals surface area contributed by atoms with Crippen LogP contribution in [0.2, 0.25) is 23.2 Å². The van der Waals surface area contributed by atoms with Gasteiger partial charge in [0, 0.05) is 0 Å². The van der Waals surface area contributed by atoms with Gasteiger partial charge in [-0.3, -0.25) is 0 Å². The molecule has 0 N–H and O–H groups in total. The lowest BCUT2D eigenvalue weighted by atomic mass is 10.2. The van der Waals surface area contributed by atoms with E-state index in [0.29, 0.717) is 106 Å². The van der Waals surface area contributed by atoms with E-state index >= 15 is 0 Å². The van der Waals surface area contributed by atoms with Gasteiger partial charge in [0.05, 0.1) is 106 Å². The normalized spacial score (nSPS) is 12.9. The molecule has 0 heterocycles. The van der Waals surface area contributed by atoms with Crippen LogP contribution in [0.5, 0.6) is 0 Å². The Bertz CT molecular complexity index is 1040. The first kappa shape index (κ1) is 43.7. The summed E-state index contributed by atoms with van der Waals surface area (Å²) in [6.07, 6.45) is 0. The SMILES string of the molecule is CC(C)(C)[Si](C)(C)OCCOCCOCCOCCOCCOCCOCCOCCO[Si](c1ccccc1)(c1ccccc1)C(C)(C)C. The predicted octanol–water partition coefficient (Wildman–Crippen LogP) is 5.70. The summed E-state index contributed by atoms with van der Waals surface area (Å²) in [7, 11) is -4.23. The quantitative estimate of drug-likeness (QED) is 0.0812. The molecule has 11 heteroatoms. The largest absolute Gasteiger partial charge is 0.414 e. The highest BCUT2D eigenvalue weighted by molar-refractivity contribution is 6.99. The van der Waals surface area contributed by atoms with Crippen molar-refractivity contribution >= 4 is 27.0 Å². The highest BCUT2D eigenvalue weighted by Gasteiger charge is 2.50. The van der Waals surface area contributed by atoms with E-state index in [4.69, 9.17) is 42.0 Å². The van der Waals surface area contributed by atoms with Crippen molar-refractivity contribution in [2.75, 3.05) is 106 Å². The summed E-state index contributed by atoms with van der Waals surface area (Å²) in [5.74, 6) is 0. The summed E-state index contributed by atoms with van der Waals surface area (Å²) >= 11 is 0. The van der Waals surface area contributed by atoms with Crippen LogP contribution in [0.3, 0.4) is 0 Å². The van der Waals surface area contributed by atoms with E-state index in [1.54, 1.807) is 0 Å². The predicted molar refractivity (Wildman–Crippen MR) is 202 cm³/mol. The molecule has 2 aromatic carbocycles. The van der Waals surface area contributed by atoms with Crippen molar-refractivity contribution in [1.82, 2.24) is 0 Å². The molecule has 0 unspecified atom stereocenters. The first-order chi connectivity index (χ1) is 23.4. The molecule has 0 saturated heterocycles. The van der Waals surface area contributed by atoms with Gasteiger partial charge in [-0.15, -0.1) is 0 Å². The topological polar surface area (TPSA) is 83.1 Å². The van der Waals surface area contributed by atoms with Crippen molar-refractivity contribution in [2.45, 2.75) is 64.7 Å². The van der Waals surface area contributed by atoms with Gasteiger partial charge in [-0.25, -0.2) is 0 Å². The fourth-order valence-electron chi connectivity index (χ4n) is 5.01. The highest BCUT2D eigenvalue weighted by Crippen LogP contribution is 2.37. The van der Waals surface area contributed by atoms with E-state index < -0.39 is 16.6 Å². The van der Waals surface area contributed by atoms with Crippen LogP contribution in [0.1, 0.15) is 41.5 Å². The third-order valence-corrected chi connectivity index (χ3v) is 18.3. The highest BCUT2D eigenvalue weighted by atomic mass is 28.4. The second-order valence-electron chi connectivity index (χ2n) is 14.4. The van der Waals surface area contributed by atoms with E-state index in [0.717, 1.165) is 0 Å². The van der Waals surface area contributed by atoms with Crippen LogP contribution in [-0.2, 0) is 42.0 Å².